The molecular formula is C7H12Cl2O. The van der Waals surface area contributed by atoms with Crippen molar-refractivity contribution in [1.82, 2.24) is 0 Å². The van der Waals surface area contributed by atoms with Gasteiger partial charge in [0.05, 0.1) is 0 Å². The van der Waals surface area contributed by atoms with Gasteiger partial charge in [0.1, 0.15) is 11.2 Å². The SMILES string of the molecule is CCC(Cl)(C=O)CC(C)Cl. The second-order valence-electron chi connectivity index (χ2n) is 2.49. The smallest absolute Gasteiger partial charge is 0.140 e. The molecule has 1 nitrogen and oxygen atoms in total. The van der Waals surface area contributed by atoms with Crippen molar-refractivity contribution in [2.45, 2.75) is 36.9 Å². The van der Waals surface area contributed by atoms with Crippen molar-refractivity contribution < 1.29 is 4.79 Å². The molecule has 0 saturated heterocycles. The molecule has 0 N–H and O–H groups in total. The lowest BCUT2D eigenvalue weighted by Gasteiger charge is -2.18. The fourth-order valence-electron chi connectivity index (χ4n) is 0.743. The first-order valence-electron chi connectivity index (χ1n) is 3.33. The Kier molecular flexibility index (Phi) is 4.30. The molecule has 0 aromatic heterocycles. The number of hydrogen-bond acceptors (Lipinski definition) is 1. The van der Waals surface area contributed by atoms with Crippen molar-refractivity contribution in [3.8, 4) is 0 Å². The predicted molar refractivity (Wildman–Crippen MR) is 44.9 cm³/mol. The average Bonchev–Trinajstić information content (AvgIpc) is 1.87. The Balaban J connectivity index is 3.92. The van der Waals surface area contributed by atoms with Crippen LogP contribution >= 0.6 is 23.2 Å². The van der Waals surface area contributed by atoms with Gasteiger partial charge in [0.15, 0.2) is 0 Å². The van der Waals surface area contributed by atoms with Crippen LogP contribution < -0.4 is 0 Å². The Labute approximate surface area is 71.7 Å². The van der Waals surface area contributed by atoms with Crippen molar-refractivity contribution in [2.24, 2.45) is 0 Å². The Morgan fingerprint density at radius 2 is 2.20 bits per heavy atom. The fourth-order valence-corrected chi connectivity index (χ4v) is 1.33. The molecule has 0 radical (unpaired) electrons. The Bertz CT molecular complexity index is 114. The van der Waals surface area contributed by atoms with Crippen LogP contribution in [-0.2, 0) is 4.79 Å². The van der Waals surface area contributed by atoms with Gasteiger partial charge >= 0.3 is 0 Å². The minimum atomic E-state index is -0.735. The van der Waals surface area contributed by atoms with Gasteiger partial charge in [-0.15, -0.1) is 23.2 Å². The van der Waals surface area contributed by atoms with Gasteiger partial charge in [-0.1, -0.05) is 6.92 Å². The maximum Gasteiger partial charge on any atom is 0.140 e. The van der Waals surface area contributed by atoms with E-state index < -0.39 is 4.87 Å². The summed E-state index contributed by atoms with van der Waals surface area (Å²) in [6.45, 7) is 3.71. The zero-order chi connectivity index (χ0) is 8.20. The van der Waals surface area contributed by atoms with Crippen LogP contribution in [0.4, 0.5) is 0 Å². The highest BCUT2D eigenvalue weighted by Crippen LogP contribution is 2.24. The van der Waals surface area contributed by atoms with Crippen LogP contribution in [0, 0.1) is 0 Å². The second kappa shape index (κ2) is 4.20. The lowest BCUT2D eigenvalue weighted by atomic mass is 10.0. The highest BCUT2D eigenvalue weighted by molar-refractivity contribution is 6.32. The molecule has 60 valence electrons. The summed E-state index contributed by atoms with van der Waals surface area (Å²) < 4.78 is 0. The van der Waals surface area contributed by atoms with E-state index in [2.05, 4.69) is 0 Å². The molecule has 0 heterocycles. The first-order chi connectivity index (χ1) is 4.54. The van der Waals surface area contributed by atoms with Gasteiger partial charge in [0.25, 0.3) is 0 Å². The third-order valence-electron chi connectivity index (χ3n) is 1.42. The number of alkyl halides is 2. The molecule has 2 unspecified atom stereocenters. The van der Waals surface area contributed by atoms with Crippen LogP contribution in [-0.4, -0.2) is 16.5 Å². The van der Waals surface area contributed by atoms with Gasteiger partial charge in [-0.25, -0.2) is 0 Å². The second-order valence-corrected chi connectivity index (χ2v) is 3.99. The number of carbonyl (C=O) groups is 1. The van der Waals surface area contributed by atoms with Gasteiger partial charge in [-0.05, 0) is 19.8 Å². The van der Waals surface area contributed by atoms with E-state index in [1.807, 2.05) is 13.8 Å². The first kappa shape index (κ1) is 10.2. The summed E-state index contributed by atoms with van der Waals surface area (Å²) in [7, 11) is 0. The molecule has 0 saturated carbocycles. The van der Waals surface area contributed by atoms with Crippen molar-refractivity contribution in [2.75, 3.05) is 0 Å². The van der Waals surface area contributed by atoms with E-state index in [4.69, 9.17) is 23.2 Å². The monoisotopic (exact) mass is 182 g/mol. The molecule has 0 bridgehead atoms. The summed E-state index contributed by atoms with van der Waals surface area (Å²) in [6, 6.07) is 0. The van der Waals surface area contributed by atoms with E-state index in [9.17, 15) is 4.79 Å². The highest BCUT2D eigenvalue weighted by Gasteiger charge is 2.25. The zero-order valence-electron chi connectivity index (χ0n) is 6.23. The van der Waals surface area contributed by atoms with Gasteiger partial charge in [0, 0.05) is 5.38 Å². The number of carbonyl (C=O) groups excluding carboxylic acids is 1. The lowest BCUT2D eigenvalue weighted by Crippen LogP contribution is -2.25. The van der Waals surface area contributed by atoms with E-state index in [0.29, 0.717) is 12.8 Å². The van der Waals surface area contributed by atoms with E-state index in [-0.39, 0.29) is 5.38 Å². The quantitative estimate of drug-likeness (QED) is 0.483. The maximum atomic E-state index is 10.4. The van der Waals surface area contributed by atoms with Crippen LogP contribution in [0.2, 0.25) is 0 Å². The molecule has 0 aromatic carbocycles. The third-order valence-corrected chi connectivity index (χ3v) is 2.08. The van der Waals surface area contributed by atoms with E-state index >= 15 is 0 Å². The molecule has 0 aliphatic carbocycles. The van der Waals surface area contributed by atoms with Crippen LogP contribution in [0.5, 0.6) is 0 Å². The first-order valence-corrected chi connectivity index (χ1v) is 4.15. The Morgan fingerprint density at radius 3 is 2.30 bits per heavy atom. The summed E-state index contributed by atoms with van der Waals surface area (Å²) >= 11 is 11.5. The molecule has 2 atom stereocenters. The summed E-state index contributed by atoms with van der Waals surface area (Å²) in [5, 5.41) is -0.0392. The standard InChI is InChI=1S/C7H12Cl2O/c1-3-7(9,5-10)4-6(2)8/h5-6H,3-4H2,1-2H3. The third kappa shape index (κ3) is 3.43. The van der Waals surface area contributed by atoms with Gasteiger partial charge in [0.2, 0.25) is 0 Å². The van der Waals surface area contributed by atoms with Gasteiger partial charge in [-0.2, -0.15) is 0 Å². The minimum absolute atomic E-state index is 0.0392. The fraction of sp³-hybridized carbons (Fsp3) is 0.857. The van der Waals surface area contributed by atoms with Gasteiger partial charge < -0.3 is 4.79 Å². The normalized spacial score (nSPS) is 19.6. The number of hydrogen-bond donors (Lipinski definition) is 0. The number of halogens is 2. The molecule has 3 heteroatoms. The molecule has 0 aliphatic rings. The summed E-state index contributed by atoms with van der Waals surface area (Å²) in [5.74, 6) is 0. The highest BCUT2D eigenvalue weighted by atomic mass is 35.5. The Hall–Kier alpha value is 0.250. The summed E-state index contributed by atoms with van der Waals surface area (Å²) in [4.78, 5) is 9.67. The van der Waals surface area contributed by atoms with Crippen molar-refractivity contribution in [3.63, 3.8) is 0 Å². The zero-order valence-corrected chi connectivity index (χ0v) is 7.74. The summed E-state index contributed by atoms with van der Waals surface area (Å²) in [6.07, 6.45) is 1.94. The summed E-state index contributed by atoms with van der Waals surface area (Å²) in [5.41, 5.74) is 0. The van der Waals surface area contributed by atoms with Crippen molar-refractivity contribution in [1.29, 1.82) is 0 Å². The topological polar surface area (TPSA) is 17.1 Å². The van der Waals surface area contributed by atoms with Gasteiger partial charge in [-0.3, -0.25) is 0 Å². The molecule has 0 amide bonds. The molecule has 0 aliphatic heterocycles. The molecule has 0 spiro atoms. The van der Waals surface area contributed by atoms with Crippen LogP contribution in [0.1, 0.15) is 26.7 Å². The van der Waals surface area contributed by atoms with E-state index in [0.717, 1.165) is 6.29 Å². The molecule has 0 fully saturated rings. The number of aldehydes is 1. The van der Waals surface area contributed by atoms with Crippen molar-refractivity contribution >= 4 is 29.5 Å². The average molecular weight is 183 g/mol. The molecule has 0 aromatic rings. The predicted octanol–water partition coefficient (Wildman–Crippen LogP) is 2.59. The van der Waals surface area contributed by atoms with Crippen LogP contribution in [0.3, 0.4) is 0 Å². The molecule has 0 rings (SSSR count). The molecular weight excluding hydrogens is 171 g/mol. The number of rotatable bonds is 4. The van der Waals surface area contributed by atoms with Crippen LogP contribution in [0.15, 0.2) is 0 Å². The minimum Gasteiger partial charge on any atom is -0.301 e. The molecule has 10 heavy (non-hydrogen) atoms. The van der Waals surface area contributed by atoms with E-state index in [1.54, 1.807) is 0 Å². The maximum absolute atomic E-state index is 10.4. The lowest BCUT2D eigenvalue weighted by molar-refractivity contribution is -0.110. The van der Waals surface area contributed by atoms with Crippen LogP contribution in [0.25, 0.3) is 0 Å². The van der Waals surface area contributed by atoms with Crippen molar-refractivity contribution in [3.05, 3.63) is 0 Å². The Morgan fingerprint density at radius 1 is 1.70 bits per heavy atom. The largest absolute Gasteiger partial charge is 0.301 e. The van der Waals surface area contributed by atoms with E-state index in [1.165, 1.54) is 0 Å².